The van der Waals surface area contributed by atoms with E-state index >= 15 is 0 Å². The summed E-state index contributed by atoms with van der Waals surface area (Å²) in [5.41, 5.74) is 5.98. The lowest BCUT2D eigenvalue weighted by Crippen LogP contribution is -2.46. The molecule has 0 unspecified atom stereocenters. The average molecular weight is 287 g/mol. The Morgan fingerprint density at radius 3 is 2.83 bits per heavy atom. The Hall–Kier alpha value is -0.790. The Bertz CT molecular complexity index is 543. The SMILES string of the molecule is CC1(C)CN(S(=O)(=O)c2cnccc2N)CCS1. The van der Waals surface area contributed by atoms with Gasteiger partial charge in [0.25, 0.3) is 0 Å². The first kappa shape index (κ1) is 13.6. The summed E-state index contributed by atoms with van der Waals surface area (Å²) in [6.45, 7) is 5.11. The van der Waals surface area contributed by atoms with Gasteiger partial charge in [-0.25, -0.2) is 8.42 Å². The molecule has 18 heavy (non-hydrogen) atoms. The molecule has 2 N–H and O–H groups in total. The first-order valence-corrected chi connectivity index (χ1v) is 8.09. The van der Waals surface area contributed by atoms with Crippen LogP contribution in [0.25, 0.3) is 0 Å². The molecule has 0 bridgehead atoms. The van der Waals surface area contributed by atoms with Crippen LogP contribution in [0, 0.1) is 0 Å². The molecule has 1 saturated heterocycles. The van der Waals surface area contributed by atoms with Crippen molar-refractivity contribution in [3.63, 3.8) is 0 Å². The third-order valence-corrected chi connectivity index (χ3v) is 6.01. The summed E-state index contributed by atoms with van der Waals surface area (Å²) in [7, 11) is -3.53. The maximum Gasteiger partial charge on any atom is 0.246 e. The van der Waals surface area contributed by atoms with Crippen LogP contribution in [0.2, 0.25) is 0 Å². The zero-order chi connectivity index (χ0) is 13.4. The monoisotopic (exact) mass is 287 g/mol. The highest BCUT2D eigenvalue weighted by Crippen LogP contribution is 2.33. The molecule has 2 heterocycles. The Kier molecular flexibility index (Phi) is 3.57. The van der Waals surface area contributed by atoms with Crippen LogP contribution >= 0.6 is 11.8 Å². The fourth-order valence-corrected chi connectivity index (χ4v) is 4.89. The number of sulfonamides is 1. The third-order valence-electron chi connectivity index (χ3n) is 2.82. The van der Waals surface area contributed by atoms with Gasteiger partial charge < -0.3 is 5.73 Å². The molecule has 1 aliphatic rings. The number of rotatable bonds is 2. The number of nitrogens with zero attached hydrogens (tertiary/aromatic N) is 2. The molecule has 2 rings (SSSR count). The number of nitrogen functional groups attached to an aromatic ring is 1. The molecular formula is C11H17N3O2S2. The van der Waals surface area contributed by atoms with Gasteiger partial charge in [-0.2, -0.15) is 16.1 Å². The number of hydrogen-bond donors (Lipinski definition) is 1. The molecular weight excluding hydrogens is 270 g/mol. The summed E-state index contributed by atoms with van der Waals surface area (Å²) in [4.78, 5) is 3.96. The fourth-order valence-electron chi connectivity index (χ4n) is 1.92. The van der Waals surface area contributed by atoms with Crippen LogP contribution in [0.5, 0.6) is 0 Å². The van der Waals surface area contributed by atoms with Gasteiger partial charge in [0, 0.05) is 36.0 Å². The van der Waals surface area contributed by atoms with Gasteiger partial charge in [-0.3, -0.25) is 4.98 Å². The quantitative estimate of drug-likeness (QED) is 0.884. The maximum atomic E-state index is 12.5. The molecule has 7 heteroatoms. The van der Waals surface area contributed by atoms with Crippen molar-refractivity contribution in [3.05, 3.63) is 18.5 Å². The summed E-state index contributed by atoms with van der Waals surface area (Å²) in [6.07, 6.45) is 2.81. The van der Waals surface area contributed by atoms with Gasteiger partial charge in [0.15, 0.2) is 0 Å². The van der Waals surface area contributed by atoms with Gasteiger partial charge in [0.05, 0.1) is 5.69 Å². The van der Waals surface area contributed by atoms with Gasteiger partial charge in [-0.05, 0) is 19.9 Å². The van der Waals surface area contributed by atoms with Gasteiger partial charge in [-0.15, -0.1) is 0 Å². The lowest BCUT2D eigenvalue weighted by molar-refractivity contribution is 0.387. The molecule has 1 aliphatic heterocycles. The zero-order valence-electron chi connectivity index (χ0n) is 10.5. The molecule has 0 radical (unpaired) electrons. The highest BCUT2D eigenvalue weighted by molar-refractivity contribution is 8.00. The normalized spacial score (nSPS) is 20.8. The minimum Gasteiger partial charge on any atom is -0.398 e. The molecule has 0 aliphatic carbocycles. The summed E-state index contributed by atoms with van der Waals surface area (Å²) >= 11 is 1.79. The van der Waals surface area contributed by atoms with E-state index in [1.54, 1.807) is 11.8 Å². The van der Waals surface area contributed by atoms with Gasteiger partial charge in [-0.1, -0.05) is 0 Å². The van der Waals surface area contributed by atoms with Crippen LogP contribution in [-0.2, 0) is 10.0 Å². The smallest absolute Gasteiger partial charge is 0.246 e. The van der Waals surface area contributed by atoms with Crippen LogP contribution in [0.15, 0.2) is 23.4 Å². The van der Waals surface area contributed by atoms with E-state index in [0.29, 0.717) is 13.1 Å². The van der Waals surface area contributed by atoms with Crippen molar-refractivity contribution in [3.8, 4) is 0 Å². The molecule has 0 aromatic carbocycles. The molecule has 0 spiro atoms. The van der Waals surface area contributed by atoms with Crippen molar-refractivity contribution in [1.82, 2.24) is 9.29 Å². The largest absolute Gasteiger partial charge is 0.398 e. The Balaban J connectivity index is 2.35. The van der Waals surface area contributed by atoms with E-state index in [2.05, 4.69) is 4.98 Å². The Morgan fingerprint density at radius 2 is 2.22 bits per heavy atom. The van der Waals surface area contributed by atoms with E-state index in [1.165, 1.54) is 22.8 Å². The van der Waals surface area contributed by atoms with Crippen molar-refractivity contribution in [2.24, 2.45) is 0 Å². The first-order chi connectivity index (χ1) is 8.33. The minimum atomic E-state index is -3.53. The van der Waals surface area contributed by atoms with E-state index in [1.807, 2.05) is 13.8 Å². The number of aromatic nitrogens is 1. The Labute approximate surface area is 112 Å². The zero-order valence-corrected chi connectivity index (χ0v) is 12.1. The number of thioether (sulfide) groups is 1. The summed E-state index contributed by atoms with van der Waals surface area (Å²) in [6, 6.07) is 1.51. The van der Waals surface area contributed by atoms with Crippen molar-refractivity contribution in [2.45, 2.75) is 23.5 Å². The lowest BCUT2D eigenvalue weighted by atomic mass is 10.2. The van der Waals surface area contributed by atoms with E-state index < -0.39 is 10.0 Å². The average Bonchev–Trinajstić information content (AvgIpc) is 2.28. The van der Waals surface area contributed by atoms with Crippen LogP contribution in [-0.4, -0.2) is 41.3 Å². The fraction of sp³-hybridized carbons (Fsp3) is 0.545. The van der Waals surface area contributed by atoms with Crippen molar-refractivity contribution in [1.29, 1.82) is 0 Å². The van der Waals surface area contributed by atoms with Crippen LogP contribution in [0.1, 0.15) is 13.8 Å². The summed E-state index contributed by atoms with van der Waals surface area (Å²) in [5.74, 6) is 0.798. The molecule has 5 nitrogen and oxygen atoms in total. The summed E-state index contributed by atoms with van der Waals surface area (Å²) in [5, 5.41) is 0. The van der Waals surface area contributed by atoms with Crippen molar-refractivity contribution < 1.29 is 8.42 Å². The number of anilines is 1. The second-order valence-electron chi connectivity index (χ2n) is 4.86. The summed E-state index contributed by atoms with van der Waals surface area (Å²) < 4.78 is 26.4. The standard InChI is InChI=1S/C11H17N3O2S2/c1-11(2)8-14(5-6-17-11)18(15,16)10-7-13-4-3-9(10)12/h3-4,7H,5-6,8H2,1-2H3,(H2,12,13). The van der Waals surface area contributed by atoms with Crippen LogP contribution < -0.4 is 5.73 Å². The van der Waals surface area contributed by atoms with E-state index in [0.717, 1.165) is 5.75 Å². The number of hydrogen-bond acceptors (Lipinski definition) is 5. The molecule has 0 atom stereocenters. The van der Waals surface area contributed by atoms with Gasteiger partial charge in [0.1, 0.15) is 4.90 Å². The molecule has 1 aromatic heterocycles. The molecule has 1 fully saturated rings. The third kappa shape index (κ3) is 2.62. The molecule has 0 saturated carbocycles. The lowest BCUT2D eigenvalue weighted by Gasteiger charge is -2.36. The number of pyridine rings is 1. The van der Waals surface area contributed by atoms with E-state index in [9.17, 15) is 8.42 Å². The van der Waals surface area contributed by atoms with Crippen molar-refractivity contribution >= 4 is 27.5 Å². The molecule has 1 aromatic rings. The highest BCUT2D eigenvalue weighted by atomic mass is 32.2. The van der Waals surface area contributed by atoms with Crippen LogP contribution in [0.3, 0.4) is 0 Å². The second kappa shape index (κ2) is 4.71. The van der Waals surface area contributed by atoms with Gasteiger partial charge in [0.2, 0.25) is 10.0 Å². The Morgan fingerprint density at radius 1 is 1.50 bits per heavy atom. The predicted octanol–water partition coefficient (Wildman–Crippen LogP) is 1.18. The minimum absolute atomic E-state index is 0.0672. The van der Waals surface area contributed by atoms with Crippen LogP contribution in [0.4, 0.5) is 5.69 Å². The predicted molar refractivity (Wildman–Crippen MR) is 73.9 cm³/mol. The maximum absolute atomic E-state index is 12.5. The van der Waals surface area contributed by atoms with E-state index in [-0.39, 0.29) is 15.3 Å². The molecule has 100 valence electrons. The topological polar surface area (TPSA) is 76.3 Å². The van der Waals surface area contributed by atoms with E-state index in [4.69, 9.17) is 5.73 Å². The van der Waals surface area contributed by atoms with Gasteiger partial charge >= 0.3 is 0 Å². The van der Waals surface area contributed by atoms with Crippen molar-refractivity contribution in [2.75, 3.05) is 24.6 Å². The first-order valence-electron chi connectivity index (χ1n) is 5.66. The molecule has 0 amide bonds. The number of nitrogens with two attached hydrogens (primary N) is 1. The second-order valence-corrected chi connectivity index (χ2v) is 8.57. The highest BCUT2D eigenvalue weighted by Gasteiger charge is 2.35.